The second-order valence-corrected chi connectivity index (χ2v) is 2.87. The zero-order valence-electron chi connectivity index (χ0n) is 5.60. The third-order valence-electron chi connectivity index (χ3n) is 2.37. The van der Waals surface area contributed by atoms with Crippen LogP contribution in [0, 0.1) is 11.8 Å². The highest BCUT2D eigenvalue weighted by atomic mass is 16.5. The molecule has 10 heavy (non-hydrogen) atoms. The van der Waals surface area contributed by atoms with E-state index < -0.39 is 0 Å². The molecule has 2 fully saturated rings. The van der Waals surface area contributed by atoms with Gasteiger partial charge in [0.05, 0.1) is 6.10 Å². The summed E-state index contributed by atoms with van der Waals surface area (Å²) >= 11 is 0. The highest BCUT2D eigenvalue weighted by molar-refractivity contribution is 5.02. The van der Waals surface area contributed by atoms with Gasteiger partial charge in [-0.25, -0.2) is 0 Å². The van der Waals surface area contributed by atoms with Crippen LogP contribution in [0.3, 0.4) is 0 Å². The van der Waals surface area contributed by atoms with Gasteiger partial charge in [-0.05, 0) is 23.8 Å². The van der Waals surface area contributed by atoms with Gasteiger partial charge in [-0.3, -0.25) is 0 Å². The lowest BCUT2D eigenvalue weighted by atomic mass is 10.2. The molecule has 1 saturated heterocycles. The summed E-state index contributed by atoms with van der Waals surface area (Å²) in [5.41, 5.74) is 8.02. The fourth-order valence-electron chi connectivity index (χ4n) is 1.75. The molecule has 2 aliphatic rings. The van der Waals surface area contributed by atoms with Crippen molar-refractivity contribution in [1.82, 2.24) is 0 Å². The molecule has 2 rings (SSSR count). The minimum Gasteiger partial charge on any atom is -0.378 e. The van der Waals surface area contributed by atoms with E-state index in [1.54, 1.807) is 0 Å². The number of nitrogens with zero attached hydrogens (tertiary/aromatic N) is 3. The van der Waals surface area contributed by atoms with Crippen LogP contribution in [0.1, 0.15) is 6.42 Å². The first-order valence-electron chi connectivity index (χ1n) is 3.56. The monoisotopic (exact) mass is 139 g/mol. The van der Waals surface area contributed by atoms with Crippen LogP contribution in [0.5, 0.6) is 0 Å². The summed E-state index contributed by atoms with van der Waals surface area (Å²) in [6, 6.07) is 0. The highest BCUT2D eigenvalue weighted by Crippen LogP contribution is 2.48. The molecule has 4 heteroatoms. The van der Waals surface area contributed by atoms with Gasteiger partial charge in [0, 0.05) is 18.1 Å². The maximum atomic E-state index is 8.02. The molecule has 0 aromatic rings. The molecule has 1 heterocycles. The van der Waals surface area contributed by atoms with Crippen LogP contribution in [0.2, 0.25) is 0 Å². The zero-order valence-corrected chi connectivity index (χ0v) is 5.60. The molecular formula is C6H9N3O. The number of azide groups is 1. The molecule has 0 aromatic heterocycles. The Hall–Kier alpha value is -0.730. The molecule has 54 valence electrons. The van der Waals surface area contributed by atoms with Gasteiger partial charge in [-0.2, -0.15) is 0 Å². The second kappa shape index (κ2) is 2.15. The van der Waals surface area contributed by atoms with E-state index in [1.165, 1.54) is 0 Å². The Kier molecular flexibility index (Phi) is 1.29. The van der Waals surface area contributed by atoms with Gasteiger partial charge in [-0.15, -0.1) is 0 Å². The lowest BCUT2D eigenvalue weighted by Gasteiger charge is -1.96. The van der Waals surface area contributed by atoms with Gasteiger partial charge < -0.3 is 4.74 Å². The SMILES string of the molecule is [N-]=[N+]=NCC1C2CCOC21. The van der Waals surface area contributed by atoms with Crippen molar-refractivity contribution >= 4 is 0 Å². The van der Waals surface area contributed by atoms with Crippen LogP contribution in [-0.2, 0) is 4.74 Å². The lowest BCUT2D eigenvalue weighted by Crippen LogP contribution is -1.98. The van der Waals surface area contributed by atoms with Crippen molar-refractivity contribution < 1.29 is 4.74 Å². The molecule has 1 aliphatic heterocycles. The second-order valence-electron chi connectivity index (χ2n) is 2.87. The average molecular weight is 139 g/mol. The van der Waals surface area contributed by atoms with Crippen molar-refractivity contribution in [3.63, 3.8) is 0 Å². The van der Waals surface area contributed by atoms with Crippen LogP contribution >= 0.6 is 0 Å². The Morgan fingerprint density at radius 1 is 1.70 bits per heavy atom. The fraction of sp³-hybridized carbons (Fsp3) is 1.00. The largest absolute Gasteiger partial charge is 0.378 e. The molecule has 0 amide bonds. The molecule has 3 unspecified atom stereocenters. The van der Waals surface area contributed by atoms with Crippen molar-refractivity contribution in [3.05, 3.63) is 10.4 Å². The predicted octanol–water partition coefficient (Wildman–Crippen LogP) is 1.33. The first-order chi connectivity index (χ1) is 4.93. The van der Waals surface area contributed by atoms with Gasteiger partial charge in [-0.1, -0.05) is 5.11 Å². The summed E-state index contributed by atoms with van der Waals surface area (Å²) in [7, 11) is 0. The van der Waals surface area contributed by atoms with Crippen LogP contribution in [0.15, 0.2) is 5.11 Å². The Bertz CT molecular complexity index is 177. The van der Waals surface area contributed by atoms with Crippen molar-refractivity contribution in [3.8, 4) is 0 Å². The molecular weight excluding hydrogens is 130 g/mol. The normalized spacial score (nSPS) is 42.2. The summed E-state index contributed by atoms with van der Waals surface area (Å²) < 4.78 is 5.35. The number of hydrogen-bond acceptors (Lipinski definition) is 2. The Morgan fingerprint density at radius 3 is 3.20 bits per heavy atom. The standard InChI is InChI=1S/C6H9N3O/c7-9-8-3-5-4-1-2-10-6(4)5/h4-6H,1-3H2. The average Bonchev–Trinajstić information content (AvgIpc) is 2.46. The Balaban J connectivity index is 1.84. The first-order valence-corrected chi connectivity index (χ1v) is 3.56. The van der Waals surface area contributed by atoms with Gasteiger partial charge in [0.1, 0.15) is 0 Å². The summed E-state index contributed by atoms with van der Waals surface area (Å²) in [6.45, 7) is 1.54. The first kappa shape index (κ1) is 6.01. The minimum absolute atomic E-state index is 0.436. The third kappa shape index (κ3) is 0.770. The molecule has 0 aromatic carbocycles. The van der Waals surface area contributed by atoms with Crippen LogP contribution in [0.25, 0.3) is 10.4 Å². The number of fused-ring (bicyclic) bond motifs is 1. The summed E-state index contributed by atoms with van der Waals surface area (Å²) in [5, 5.41) is 3.52. The fourth-order valence-corrected chi connectivity index (χ4v) is 1.75. The Morgan fingerprint density at radius 2 is 2.60 bits per heavy atom. The van der Waals surface area contributed by atoms with Crippen LogP contribution in [-0.4, -0.2) is 19.3 Å². The number of ether oxygens (including phenoxy) is 1. The van der Waals surface area contributed by atoms with Crippen molar-refractivity contribution in [1.29, 1.82) is 0 Å². The van der Waals surface area contributed by atoms with Crippen molar-refractivity contribution in [2.45, 2.75) is 12.5 Å². The van der Waals surface area contributed by atoms with E-state index >= 15 is 0 Å². The van der Waals surface area contributed by atoms with E-state index in [0.717, 1.165) is 13.0 Å². The van der Waals surface area contributed by atoms with E-state index in [2.05, 4.69) is 10.0 Å². The Labute approximate surface area is 58.8 Å². The van der Waals surface area contributed by atoms with E-state index in [9.17, 15) is 0 Å². The van der Waals surface area contributed by atoms with E-state index in [0.29, 0.717) is 24.5 Å². The van der Waals surface area contributed by atoms with E-state index in [1.807, 2.05) is 0 Å². The van der Waals surface area contributed by atoms with Crippen LogP contribution < -0.4 is 0 Å². The lowest BCUT2D eigenvalue weighted by molar-refractivity contribution is 0.140. The van der Waals surface area contributed by atoms with E-state index in [4.69, 9.17) is 10.3 Å². The molecule has 0 spiro atoms. The highest BCUT2D eigenvalue weighted by Gasteiger charge is 2.53. The summed E-state index contributed by atoms with van der Waals surface area (Å²) in [6.07, 6.45) is 1.60. The predicted molar refractivity (Wildman–Crippen MR) is 35.4 cm³/mol. The summed E-state index contributed by atoms with van der Waals surface area (Å²) in [5.74, 6) is 1.26. The van der Waals surface area contributed by atoms with Crippen molar-refractivity contribution in [2.24, 2.45) is 17.0 Å². The van der Waals surface area contributed by atoms with Gasteiger partial charge >= 0.3 is 0 Å². The van der Waals surface area contributed by atoms with Gasteiger partial charge in [0.2, 0.25) is 0 Å². The molecule has 1 aliphatic carbocycles. The van der Waals surface area contributed by atoms with Crippen molar-refractivity contribution in [2.75, 3.05) is 13.2 Å². The quantitative estimate of drug-likeness (QED) is 0.323. The smallest absolute Gasteiger partial charge is 0.0640 e. The zero-order chi connectivity index (χ0) is 6.97. The van der Waals surface area contributed by atoms with Gasteiger partial charge in [0.15, 0.2) is 0 Å². The summed E-state index contributed by atoms with van der Waals surface area (Å²) in [4.78, 5) is 2.71. The van der Waals surface area contributed by atoms with E-state index in [-0.39, 0.29) is 0 Å². The molecule has 0 bridgehead atoms. The minimum atomic E-state index is 0.436. The molecule has 0 radical (unpaired) electrons. The van der Waals surface area contributed by atoms with Gasteiger partial charge in [0.25, 0.3) is 0 Å². The molecule has 0 N–H and O–H groups in total. The molecule has 1 saturated carbocycles. The molecule has 4 nitrogen and oxygen atoms in total. The number of rotatable bonds is 2. The third-order valence-corrected chi connectivity index (χ3v) is 2.37. The topological polar surface area (TPSA) is 58.0 Å². The maximum absolute atomic E-state index is 8.02. The number of hydrogen-bond donors (Lipinski definition) is 0. The molecule has 3 atom stereocenters. The van der Waals surface area contributed by atoms with Crippen LogP contribution in [0.4, 0.5) is 0 Å². The maximum Gasteiger partial charge on any atom is 0.0640 e.